The summed E-state index contributed by atoms with van der Waals surface area (Å²) >= 11 is 0. The number of nitrogens with zero attached hydrogens (tertiary/aromatic N) is 3. The molecule has 0 spiro atoms. The number of aromatic nitrogens is 2. The van der Waals surface area contributed by atoms with Crippen molar-refractivity contribution in [2.75, 3.05) is 0 Å². The number of carboxylic acids is 1. The van der Waals surface area contributed by atoms with Gasteiger partial charge >= 0.3 is 5.97 Å². The zero-order chi connectivity index (χ0) is 23.9. The van der Waals surface area contributed by atoms with Crippen LogP contribution in [0.3, 0.4) is 0 Å². The average Bonchev–Trinajstić information content (AvgIpc) is 3.22. The Kier molecular flexibility index (Phi) is 6.83. The second kappa shape index (κ2) is 10.3. The Morgan fingerprint density at radius 3 is 2.56 bits per heavy atom. The van der Waals surface area contributed by atoms with Gasteiger partial charge in [0.05, 0.1) is 5.56 Å². The van der Waals surface area contributed by atoms with Gasteiger partial charge in [-0.1, -0.05) is 35.5 Å². The number of hydrogen-bond acceptors (Lipinski definition) is 7. The van der Waals surface area contributed by atoms with E-state index in [1.807, 2.05) is 37.3 Å². The number of benzene rings is 2. The van der Waals surface area contributed by atoms with Crippen molar-refractivity contribution in [3.05, 3.63) is 107 Å². The minimum atomic E-state index is -1.30. The summed E-state index contributed by atoms with van der Waals surface area (Å²) < 4.78 is 12.1. The van der Waals surface area contributed by atoms with Crippen molar-refractivity contribution >= 4 is 11.7 Å². The molecule has 0 fully saturated rings. The fourth-order valence-corrected chi connectivity index (χ4v) is 3.08. The molecule has 0 saturated heterocycles. The average molecular weight is 459 g/mol. The Labute approximate surface area is 195 Å². The summed E-state index contributed by atoms with van der Waals surface area (Å²) in [6, 6.07) is 19.6. The quantitative estimate of drug-likeness (QED) is 0.175. The first-order valence-electron chi connectivity index (χ1n) is 10.4. The molecule has 0 aliphatic rings. The van der Waals surface area contributed by atoms with Gasteiger partial charge in [0, 0.05) is 11.6 Å². The topological polar surface area (TPSA) is 121 Å². The highest BCUT2D eigenvalue weighted by molar-refractivity contribution is 6.42. The third-order valence-corrected chi connectivity index (χ3v) is 4.85. The molecule has 9 nitrogen and oxygen atoms in total. The van der Waals surface area contributed by atoms with Crippen molar-refractivity contribution in [2.45, 2.75) is 20.1 Å². The molecule has 2 aromatic carbocycles. The molecule has 34 heavy (non-hydrogen) atoms. The molecule has 0 atom stereocenters. The SMILES string of the molecule is Cc1oc(-c2ccccc2)nc1COc1ccc(CO/N=C(/C(=O)O)c2ccc[n+]([O-])c2)cc1. The van der Waals surface area contributed by atoms with E-state index in [0.717, 1.165) is 17.3 Å². The van der Waals surface area contributed by atoms with Gasteiger partial charge in [-0.3, -0.25) is 0 Å². The van der Waals surface area contributed by atoms with Crippen LogP contribution in [0.5, 0.6) is 5.75 Å². The van der Waals surface area contributed by atoms with Gasteiger partial charge in [-0.05, 0) is 42.8 Å². The van der Waals surface area contributed by atoms with E-state index < -0.39 is 5.97 Å². The molecule has 2 heterocycles. The van der Waals surface area contributed by atoms with Crippen LogP contribution in [0.1, 0.15) is 22.6 Å². The van der Waals surface area contributed by atoms with Gasteiger partial charge in [0.2, 0.25) is 11.6 Å². The van der Waals surface area contributed by atoms with Crippen LogP contribution in [-0.4, -0.2) is 21.8 Å². The van der Waals surface area contributed by atoms with Crippen LogP contribution in [0, 0.1) is 12.1 Å². The zero-order valence-corrected chi connectivity index (χ0v) is 18.2. The molecule has 0 amide bonds. The first-order chi connectivity index (χ1) is 16.5. The molecule has 0 unspecified atom stereocenters. The van der Waals surface area contributed by atoms with E-state index in [-0.39, 0.29) is 24.5 Å². The zero-order valence-electron chi connectivity index (χ0n) is 18.2. The number of oxime groups is 1. The van der Waals surface area contributed by atoms with Crippen molar-refractivity contribution in [1.82, 2.24) is 4.98 Å². The van der Waals surface area contributed by atoms with E-state index in [9.17, 15) is 15.1 Å². The van der Waals surface area contributed by atoms with Gasteiger partial charge in [-0.25, -0.2) is 9.78 Å². The first-order valence-corrected chi connectivity index (χ1v) is 10.4. The number of aryl methyl sites for hydroxylation is 1. The van der Waals surface area contributed by atoms with Crippen LogP contribution in [-0.2, 0) is 22.8 Å². The highest BCUT2D eigenvalue weighted by atomic mass is 16.6. The Morgan fingerprint density at radius 1 is 1.09 bits per heavy atom. The third kappa shape index (κ3) is 5.57. The monoisotopic (exact) mass is 459 g/mol. The Hall–Kier alpha value is -4.66. The summed E-state index contributed by atoms with van der Waals surface area (Å²) in [4.78, 5) is 21.2. The number of carbonyl (C=O) groups is 1. The summed E-state index contributed by atoms with van der Waals surface area (Å²) in [5, 5.41) is 24.4. The molecular formula is C25H21N3O6. The van der Waals surface area contributed by atoms with Crippen molar-refractivity contribution in [3.8, 4) is 17.2 Å². The van der Waals surface area contributed by atoms with Gasteiger partial charge in [-0.15, -0.1) is 0 Å². The predicted octanol–water partition coefficient (Wildman–Crippen LogP) is 3.87. The van der Waals surface area contributed by atoms with Crippen molar-refractivity contribution in [2.24, 2.45) is 5.16 Å². The normalized spacial score (nSPS) is 11.3. The van der Waals surface area contributed by atoms with Crippen molar-refractivity contribution in [3.63, 3.8) is 0 Å². The highest BCUT2D eigenvalue weighted by Gasteiger charge is 2.16. The summed E-state index contributed by atoms with van der Waals surface area (Å²) in [5.74, 6) is 0.572. The second-order valence-corrected chi connectivity index (χ2v) is 7.29. The molecule has 4 rings (SSSR count). The molecule has 1 N–H and O–H groups in total. The lowest BCUT2D eigenvalue weighted by molar-refractivity contribution is -0.605. The number of oxazole rings is 1. The van der Waals surface area contributed by atoms with E-state index in [2.05, 4.69) is 10.1 Å². The third-order valence-electron chi connectivity index (χ3n) is 4.85. The van der Waals surface area contributed by atoms with Gasteiger partial charge in [0.25, 0.3) is 0 Å². The molecule has 0 radical (unpaired) electrons. The van der Waals surface area contributed by atoms with Gasteiger partial charge in [-0.2, -0.15) is 4.73 Å². The standard InChI is InChI=1S/C25H21N3O6/c1-17-22(26-24(34-17)19-6-3-2-4-7-19)16-32-21-11-9-18(10-12-21)15-33-27-23(25(29)30)20-8-5-13-28(31)14-20/h2-14H,15-16H2,1H3,(H,29,30)/b27-23+. The number of ether oxygens (including phenoxy) is 1. The van der Waals surface area contributed by atoms with Crippen molar-refractivity contribution < 1.29 is 28.6 Å². The molecule has 0 aliphatic heterocycles. The molecule has 0 aliphatic carbocycles. The lowest BCUT2D eigenvalue weighted by atomic mass is 10.2. The number of pyridine rings is 1. The summed E-state index contributed by atoms with van der Waals surface area (Å²) in [5.41, 5.74) is 2.16. The van der Waals surface area contributed by atoms with Crippen molar-refractivity contribution in [1.29, 1.82) is 0 Å². The van der Waals surface area contributed by atoms with E-state index in [1.165, 1.54) is 18.3 Å². The molecule has 172 valence electrons. The number of aliphatic carboxylic acids is 1. The van der Waals surface area contributed by atoms with Crippen LogP contribution in [0.2, 0.25) is 0 Å². The van der Waals surface area contributed by atoms with E-state index in [0.29, 0.717) is 27.8 Å². The maximum Gasteiger partial charge on any atom is 0.358 e. The van der Waals surface area contributed by atoms with E-state index >= 15 is 0 Å². The van der Waals surface area contributed by atoms with Crippen LogP contribution < -0.4 is 9.47 Å². The Morgan fingerprint density at radius 2 is 1.85 bits per heavy atom. The summed E-state index contributed by atoms with van der Waals surface area (Å²) in [6.45, 7) is 2.14. The fraction of sp³-hybridized carbons (Fsp3) is 0.120. The number of carboxylic acid groups (broad SMARTS) is 1. The van der Waals surface area contributed by atoms with E-state index in [4.69, 9.17) is 14.0 Å². The first kappa shape index (κ1) is 22.5. The Bertz CT molecular complexity index is 1300. The van der Waals surface area contributed by atoms with Gasteiger partial charge < -0.3 is 24.3 Å². The molecule has 2 aromatic heterocycles. The van der Waals surface area contributed by atoms with Crippen LogP contribution >= 0.6 is 0 Å². The minimum absolute atomic E-state index is 0.0457. The van der Waals surface area contributed by atoms with Crippen LogP contribution in [0.25, 0.3) is 11.5 Å². The van der Waals surface area contributed by atoms with E-state index in [1.54, 1.807) is 24.3 Å². The van der Waals surface area contributed by atoms with Gasteiger partial charge in [0.1, 0.15) is 30.4 Å². The lowest BCUT2D eigenvalue weighted by Gasteiger charge is -2.06. The lowest BCUT2D eigenvalue weighted by Crippen LogP contribution is -2.27. The molecule has 0 saturated carbocycles. The summed E-state index contributed by atoms with van der Waals surface area (Å²) in [6.07, 6.45) is 2.36. The number of hydrogen-bond donors (Lipinski definition) is 1. The largest absolute Gasteiger partial charge is 0.619 e. The smallest absolute Gasteiger partial charge is 0.358 e. The minimum Gasteiger partial charge on any atom is -0.619 e. The highest BCUT2D eigenvalue weighted by Crippen LogP contribution is 2.23. The molecule has 4 aromatic rings. The predicted molar refractivity (Wildman–Crippen MR) is 122 cm³/mol. The van der Waals surface area contributed by atoms with Gasteiger partial charge in [0.15, 0.2) is 12.4 Å². The Balaban J connectivity index is 1.34. The number of rotatable bonds is 9. The molecule has 0 bridgehead atoms. The maximum atomic E-state index is 11.4. The van der Waals surface area contributed by atoms with Crippen LogP contribution in [0.15, 0.2) is 88.7 Å². The maximum absolute atomic E-state index is 11.4. The molecular weight excluding hydrogens is 438 g/mol. The van der Waals surface area contributed by atoms with Crippen LogP contribution in [0.4, 0.5) is 0 Å². The summed E-state index contributed by atoms with van der Waals surface area (Å²) in [7, 11) is 0. The molecule has 9 heteroatoms. The second-order valence-electron chi connectivity index (χ2n) is 7.29. The fourth-order valence-electron chi connectivity index (χ4n) is 3.08.